The molecule has 0 aromatic carbocycles. The van der Waals surface area contributed by atoms with Gasteiger partial charge in [-0.05, 0) is 61.1 Å². The van der Waals surface area contributed by atoms with Gasteiger partial charge in [0.2, 0.25) is 0 Å². The van der Waals surface area contributed by atoms with E-state index in [1.165, 1.54) is 31.2 Å². The van der Waals surface area contributed by atoms with Crippen molar-refractivity contribution in [3.63, 3.8) is 0 Å². The van der Waals surface area contributed by atoms with Crippen molar-refractivity contribution in [1.82, 2.24) is 4.90 Å². The van der Waals surface area contributed by atoms with Gasteiger partial charge in [0.1, 0.15) is 0 Å². The number of hydrogen-bond donors (Lipinski definition) is 0. The molecule has 1 nitrogen and oxygen atoms in total. The number of rotatable bonds is 2. The summed E-state index contributed by atoms with van der Waals surface area (Å²) in [5.74, 6) is 4.38. The molecule has 7 atom stereocenters. The van der Waals surface area contributed by atoms with Crippen molar-refractivity contribution in [1.29, 1.82) is 0 Å². The summed E-state index contributed by atoms with van der Waals surface area (Å²) in [6.07, 6.45) is 18.6. The van der Waals surface area contributed by atoms with Crippen LogP contribution in [0.25, 0.3) is 0 Å². The Morgan fingerprint density at radius 3 is 1.80 bits per heavy atom. The van der Waals surface area contributed by atoms with Crippen molar-refractivity contribution < 1.29 is 20.8 Å². The SMILES string of the molecule is CN1C2CCCCC2C2C1C1CCCCC1C2[Si](C)(C)C1CCCC1.[CH3-].[CH3-].[Cl][Zr+2][Cl]. The Bertz CT molecular complexity index is 525. The van der Waals surface area contributed by atoms with Gasteiger partial charge in [0.15, 0.2) is 0 Å². The van der Waals surface area contributed by atoms with Crippen molar-refractivity contribution in [2.24, 2.45) is 23.7 Å². The number of nitrogens with zero attached hydrogens (tertiary/aromatic N) is 1. The summed E-state index contributed by atoms with van der Waals surface area (Å²) in [6, 6.07) is 1.94. The predicted molar refractivity (Wildman–Crippen MR) is 134 cm³/mol. The Labute approximate surface area is 208 Å². The van der Waals surface area contributed by atoms with Crippen LogP contribution in [-0.4, -0.2) is 32.1 Å². The van der Waals surface area contributed by atoms with Gasteiger partial charge in [-0.1, -0.05) is 70.9 Å². The van der Waals surface area contributed by atoms with E-state index in [-0.39, 0.29) is 14.9 Å². The van der Waals surface area contributed by atoms with Crippen LogP contribution in [0.3, 0.4) is 0 Å². The second-order valence-corrected chi connectivity index (χ2v) is 20.1. The number of halogens is 2. The fourth-order valence-electron chi connectivity index (χ4n) is 9.24. The summed E-state index contributed by atoms with van der Waals surface area (Å²) in [7, 11) is 11.3. The molecule has 1 aliphatic heterocycles. The third-order valence-corrected chi connectivity index (χ3v) is 15.3. The number of fused-ring (bicyclic) bond motifs is 5. The summed E-state index contributed by atoms with van der Waals surface area (Å²) >= 11 is -0.826. The Balaban J connectivity index is 0.000000607. The first kappa shape index (κ1) is 27.9. The molecule has 4 saturated carbocycles. The van der Waals surface area contributed by atoms with Crippen LogP contribution >= 0.6 is 17.0 Å². The van der Waals surface area contributed by atoms with Gasteiger partial charge in [-0.25, -0.2) is 0 Å². The van der Waals surface area contributed by atoms with Gasteiger partial charge in [0, 0.05) is 12.1 Å². The van der Waals surface area contributed by atoms with Gasteiger partial charge in [0.25, 0.3) is 0 Å². The van der Waals surface area contributed by atoms with E-state index in [1.54, 1.807) is 51.4 Å². The average molecular weight is 552 g/mol. The zero-order valence-corrected chi connectivity index (χ0v) is 25.3. The van der Waals surface area contributed by atoms with Crippen molar-refractivity contribution in [3.8, 4) is 0 Å². The van der Waals surface area contributed by atoms with Crippen LogP contribution in [0.2, 0.25) is 24.2 Å². The molecule has 0 aromatic heterocycles. The molecule has 0 radical (unpaired) electrons. The van der Waals surface area contributed by atoms with Crippen LogP contribution < -0.4 is 0 Å². The predicted octanol–water partition coefficient (Wildman–Crippen LogP) is 8.60. The minimum atomic E-state index is -1.16. The monoisotopic (exact) mass is 549 g/mol. The topological polar surface area (TPSA) is 3.24 Å². The summed E-state index contributed by atoms with van der Waals surface area (Å²) in [6.45, 7) is 5.72. The molecule has 1 heterocycles. The summed E-state index contributed by atoms with van der Waals surface area (Å²) in [5, 5.41) is 0. The second kappa shape index (κ2) is 11.9. The standard InChI is InChI=1S/C23H41NSi.2CH3.2ClH.Zr/c1-24-20-15-9-8-14-19(20)21-22(24)17-12-6-7-13-18(17)23(21)25(2,3)16-10-4-5-11-16;;;;;/h16-23H,4-15H2,1-3H3;2*1H3;2*1H;/q;2*-1;;;+4/p-2. The molecule has 0 amide bonds. The third-order valence-electron chi connectivity index (χ3n) is 10.1. The summed E-state index contributed by atoms with van der Waals surface area (Å²) in [4.78, 5) is 2.97. The van der Waals surface area contributed by atoms with E-state index in [4.69, 9.17) is 17.0 Å². The van der Waals surface area contributed by atoms with Gasteiger partial charge in [-0.15, -0.1) is 0 Å². The maximum atomic E-state index is 4.93. The number of hydrogen-bond acceptors (Lipinski definition) is 1. The zero-order chi connectivity index (χ0) is 19.9. The number of likely N-dealkylation sites (tertiary alicyclic amines) is 1. The maximum absolute atomic E-state index is 4.93. The van der Waals surface area contributed by atoms with Gasteiger partial charge < -0.3 is 14.9 Å². The van der Waals surface area contributed by atoms with Gasteiger partial charge in [0.05, 0.1) is 8.07 Å². The molecule has 30 heavy (non-hydrogen) atoms. The van der Waals surface area contributed by atoms with Crippen LogP contribution in [0, 0.1) is 38.5 Å². The molecule has 174 valence electrons. The quantitative estimate of drug-likeness (QED) is 0.245. The van der Waals surface area contributed by atoms with E-state index >= 15 is 0 Å². The first-order valence-corrected chi connectivity index (χ1v) is 21.7. The van der Waals surface area contributed by atoms with Crippen molar-refractivity contribution in [2.75, 3.05) is 7.05 Å². The normalized spacial score (nSPS) is 40.6. The van der Waals surface area contributed by atoms with E-state index < -0.39 is 28.9 Å². The van der Waals surface area contributed by atoms with Gasteiger partial charge in [-0.3, -0.25) is 4.90 Å². The molecule has 5 fully saturated rings. The Kier molecular flexibility index (Phi) is 11.0. The molecule has 5 heteroatoms. The van der Waals surface area contributed by atoms with Gasteiger partial charge >= 0.3 is 37.9 Å². The van der Waals surface area contributed by atoms with Crippen molar-refractivity contribution in [3.05, 3.63) is 14.9 Å². The average Bonchev–Trinajstić information content (AvgIpc) is 3.40. The second-order valence-electron chi connectivity index (χ2n) is 11.3. The molecular weight excluding hydrogens is 504 g/mol. The van der Waals surface area contributed by atoms with E-state index in [2.05, 4.69) is 25.0 Å². The summed E-state index contributed by atoms with van der Waals surface area (Å²) < 4.78 is 0. The van der Waals surface area contributed by atoms with Crippen LogP contribution in [0.4, 0.5) is 0 Å². The van der Waals surface area contributed by atoms with Crippen LogP contribution in [-0.2, 0) is 20.8 Å². The molecule has 0 spiro atoms. The molecule has 7 unspecified atom stereocenters. The Morgan fingerprint density at radius 1 is 0.733 bits per heavy atom. The first-order valence-electron chi connectivity index (χ1n) is 12.2. The molecular formula is C25H47Cl2NSiZr. The third kappa shape index (κ3) is 4.87. The van der Waals surface area contributed by atoms with Gasteiger partial charge in [-0.2, -0.15) is 0 Å². The molecule has 1 saturated heterocycles. The van der Waals surface area contributed by atoms with E-state index in [0.717, 1.165) is 41.3 Å². The minimum absolute atomic E-state index is 0. The Morgan fingerprint density at radius 2 is 1.20 bits per heavy atom. The Hall–Kier alpha value is 1.64. The van der Waals surface area contributed by atoms with E-state index in [1.807, 2.05) is 0 Å². The van der Waals surface area contributed by atoms with Crippen molar-refractivity contribution in [2.45, 2.75) is 113 Å². The van der Waals surface area contributed by atoms with E-state index in [9.17, 15) is 0 Å². The zero-order valence-electron chi connectivity index (χ0n) is 20.3. The van der Waals surface area contributed by atoms with Crippen LogP contribution in [0.5, 0.6) is 0 Å². The molecule has 5 rings (SSSR count). The fourth-order valence-corrected chi connectivity index (χ4v) is 14.6. The first-order chi connectivity index (χ1) is 13.5. The molecule has 0 N–H and O–H groups in total. The molecule has 0 aromatic rings. The van der Waals surface area contributed by atoms with E-state index in [0.29, 0.717) is 0 Å². The van der Waals surface area contributed by atoms with Crippen molar-refractivity contribution >= 4 is 25.1 Å². The molecule has 4 aliphatic carbocycles. The summed E-state index contributed by atoms with van der Waals surface area (Å²) in [5.41, 5.74) is 2.33. The van der Waals surface area contributed by atoms with Crippen LogP contribution in [0.1, 0.15) is 77.0 Å². The molecule has 0 bridgehead atoms. The van der Waals surface area contributed by atoms with Crippen LogP contribution in [0.15, 0.2) is 0 Å². The molecule has 5 aliphatic rings. The fraction of sp³-hybridized carbons (Fsp3) is 0.920.